The molecule has 0 saturated carbocycles. The molecule has 0 aliphatic heterocycles. The fourth-order valence-corrected chi connectivity index (χ4v) is 1.87. The number of nitrogens with one attached hydrogen (secondary N) is 1. The number of allylic oxidation sites excluding steroid dienone is 1. The smallest absolute Gasteiger partial charge is 0.253 e. The predicted octanol–water partition coefficient (Wildman–Crippen LogP) is 2.71. The Bertz CT molecular complexity index is 443. The second kappa shape index (κ2) is 7.19. The van der Waals surface area contributed by atoms with E-state index < -0.39 is 0 Å². The lowest BCUT2D eigenvalue weighted by Gasteiger charge is -2.15. The molecule has 1 aromatic carbocycles. The molecule has 18 heavy (non-hydrogen) atoms. The van der Waals surface area contributed by atoms with Crippen LogP contribution in [0.4, 0.5) is 0 Å². The van der Waals surface area contributed by atoms with Crippen molar-refractivity contribution in [3.05, 3.63) is 46.5 Å². The van der Waals surface area contributed by atoms with E-state index in [2.05, 4.69) is 5.32 Å². The lowest BCUT2D eigenvalue weighted by atomic mass is 10.1. The zero-order chi connectivity index (χ0) is 13.5. The predicted molar refractivity (Wildman–Crippen MR) is 74.0 cm³/mol. The second-order valence-electron chi connectivity index (χ2n) is 4.14. The lowest BCUT2D eigenvalue weighted by Crippen LogP contribution is -2.37. The summed E-state index contributed by atoms with van der Waals surface area (Å²) < 4.78 is 0. The average Bonchev–Trinajstić information content (AvgIpc) is 2.34. The highest BCUT2D eigenvalue weighted by Gasteiger charge is 2.14. The number of carbonyl (C=O) groups excluding carboxylic acids is 1. The van der Waals surface area contributed by atoms with Crippen molar-refractivity contribution in [3.63, 3.8) is 0 Å². The summed E-state index contributed by atoms with van der Waals surface area (Å²) in [5.41, 5.74) is 1.44. The zero-order valence-corrected chi connectivity index (χ0v) is 11.4. The van der Waals surface area contributed by atoms with Gasteiger partial charge in [-0.3, -0.25) is 4.79 Å². The van der Waals surface area contributed by atoms with E-state index in [1.54, 1.807) is 12.1 Å². The molecule has 3 nitrogen and oxygen atoms in total. The molecule has 0 fully saturated rings. The van der Waals surface area contributed by atoms with Crippen LogP contribution in [-0.2, 0) is 0 Å². The summed E-state index contributed by atoms with van der Waals surface area (Å²) in [6.45, 7) is 3.71. The number of aliphatic hydroxyl groups is 1. The van der Waals surface area contributed by atoms with Gasteiger partial charge >= 0.3 is 0 Å². The first-order valence-electron chi connectivity index (χ1n) is 5.87. The maximum absolute atomic E-state index is 12.0. The molecule has 1 amide bonds. The first-order chi connectivity index (χ1) is 8.58. The molecule has 1 atom stereocenters. The van der Waals surface area contributed by atoms with Gasteiger partial charge in [0.2, 0.25) is 0 Å². The molecule has 0 saturated heterocycles. The number of benzene rings is 1. The van der Waals surface area contributed by atoms with Crippen LogP contribution in [0.25, 0.3) is 0 Å². The largest absolute Gasteiger partial charge is 0.394 e. The average molecular weight is 268 g/mol. The van der Waals surface area contributed by atoms with Crippen LogP contribution in [0.5, 0.6) is 0 Å². The highest BCUT2D eigenvalue weighted by atomic mass is 35.5. The minimum Gasteiger partial charge on any atom is -0.394 e. The monoisotopic (exact) mass is 267 g/mol. The van der Waals surface area contributed by atoms with Crippen LogP contribution in [0.3, 0.4) is 0 Å². The summed E-state index contributed by atoms with van der Waals surface area (Å²) in [5.74, 6) is -0.261. The van der Waals surface area contributed by atoms with Crippen LogP contribution in [0.1, 0.15) is 29.3 Å². The quantitative estimate of drug-likeness (QED) is 0.806. The van der Waals surface area contributed by atoms with Crippen molar-refractivity contribution in [3.8, 4) is 0 Å². The van der Waals surface area contributed by atoms with Gasteiger partial charge in [0.15, 0.2) is 0 Å². The fraction of sp³-hybridized carbons (Fsp3) is 0.357. The molecule has 1 rings (SSSR count). The minimum absolute atomic E-state index is 0.0977. The van der Waals surface area contributed by atoms with E-state index >= 15 is 0 Å². The number of hydrogen-bond acceptors (Lipinski definition) is 2. The summed E-state index contributed by atoms with van der Waals surface area (Å²) in [6, 6.07) is 4.99. The van der Waals surface area contributed by atoms with Crippen LogP contribution < -0.4 is 5.32 Å². The molecule has 0 spiro atoms. The van der Waals surface area contributed by atoms with Crippen LogP contribution in [0, 0.1) is 6.92 Å². The Kier molecular flexibility index (Phi) is 5.89. The number of carbonyl (C=O) groups is 1. The summed E-state index contributed by atoms with van der Waals surface area (Å²) in [4.78, 5) is 12.0. The zero-order valence-electron chi connectivity index (χ0n) is 10.6. The first-order valence-corrected chi connectivity index (χ1v) is 6.25. The van der Waals surface area contributed by atoms with Gasteiger partial charge in [-0.1, -0.05) is 29.8 Å². The third-order valence-electron chi connectivity index (χ3n) is 2.58. The SMILES string of the molecule is CC=CCC(CO)NC(=O)c1ccc(C)cc1Cl. The van der Waals surface area contributed by atoms with Gasteiger partial charge in [-0.05, 0) is 38.0 Å². The van der Waals surface area contributed by atoms with Crippen molar-refractivity contribution in [1.82, 2.24) is 5.32 Å². The van der Waals surface area contributed by atoms with Crippen LogP contribution in [0.2, 0.25) is 5.02 Å². The van der Waals surface area contributed by atoms with Gasteiger partial charge in [0.05, 0.1) is 23.2 Å². The van der Waals surface area contributed by atoms with Crippen molar-refractivity contribution in [2.24, 2.45) is 0 Å². The molecule has 0 radical (unpaired) electrons. The molecule has 0 bridgehead atoms. The highest BCUT2D eigenvalue weighted by Crippen LogP contribution is 2.17. The molecule has 1 aromatic rings. The van der Waals surface area contributed by atoms with Gasteiger partial charge in [0.1, 0.15) is 0 Å². The van der Waals surface area contributed by atoms with E-state index in [-0.39, 0.29) is 18.6 Å². The van der Waals surface area contributed by atoms with Gasteiger partial charge in [0.25, 0.3) is 5.91 Å². The van der Waals surface area contributed by atoms with E-state index in [0.29, 0.717) is 17.0 Å². The first kappa shape index (κ1) is 14.7. The molecule has 0 aromatic heterocycles. The van der Waals surface area contributed by atoms with Gasteiger partial charge in [-0.25, -0.2) is 0 Å². The lowest BCUT2D eigenvalue weighted by molar-refractivity contribution is 0.0917. The van der Waals surface area contributed by atoms with Crippen molar-refractivity contribution in [2.45, 2.75) is 26.3 Å². The number of rotatable bonds is 5. The summed E-state index contributed by atoms with van der Waals surface area (Å²) in [5, 5.41) is 12.4. The Hall–Kier alpha value is -1.32. The number of halogens is 1. The van der Waals surface area contributed by atoms with Gasteiger partial charge in [-0.2, -0.15) is 0 Å². The molecule has 2 N–H and O–H groups in total. The normalized spacial score (nSPS) is 12.7. The van der Waals surface area contributed by atoms with E-state index in [9.17, 15) is 9.90 Å². The maximum Gasteiger partial charge on any atom is 0.253 e. The third kappa shape index (κ3) is 4.17. The van der Waals surface area contributed by atoms with Crippen LogP contribution in [-0.4, -0.2) is 23.7 Å². The molecule has 4 heteroatoms. The second-order valence-corrected chi connectivity index (χ2v) is 4.55. The Morgan fingerprint density at radius 3 is 2.83 bits per heavy atom. The maximum atomic E-state index is 12.0. The van der Waals surface area contributed by atoms with E-state index in [1.165, 1.54) is 0 Å². The Labute approximate surface area is 112 Å². The molecular weight excluding hydrogens is 250 g/mol. The van der Waals surface area contributed by atoms with Crippen molar-refractivity contribution < 1.29 is 9.90 Å². The van der Waals surface area contributed by atoms with E-state index in [1.807, 2.05) is 32.1 Å². The number of amides is 1. The molecule has 0 aliphatic carbocycles. The van der Waals surface area contributed by atoms with Crippen molar-refractivity contribution in [2.75, 3.05) is 6.61 Å². The minimum atomic E-state index is -0.286. The third-order valence-corrected chi connectivity index (χ3v) is 2.89. The fourth-order valence-electron chi connectivity index (χ4n) is 1.55. The van der Waals surface area contributed by atoms with E-state index in [0.717, 1.165) is 5.56 Å². The summed E-state index contributed by atoms with van der Waals surface area (Å²) >= 11 is 6.02. The summed E-state index contributed by atoms with van der Waals surface area (Å²) in [7, 11) is 0. The number of aryl methyl sites for hydroxylation is 1. The van der Waals surface area contributed by atoms with E-state index in [4.69, 9.17) is 11.6 Å². The molecular formula is C14H18ClNO2. The topological polar surface area (TPSA) is 49.3 Å². The van der Waals surface area contributed by atoms with Gasteiger partial charge < -0.3 is 10.4 Å². The van der Waals surface area contributed by atoms with Gasteiger partial charge in [-0.15, -0.1) is 0 Å². The number of hydrogen-bond donors (Lipinski definition) is 2. The Morgan fingerprint density at radius 2 is 2.28 bits per heavy atom. The summed E-state index contributed by atoms with van der Waals surface area (Å²) in [6.07, 6.45) is 4.38. The van der Waals surface area contributed by atoms with Crippen LogP contribution >= 0.6 is 11.6 Å². The molecule has 1 unspecified atom stereocenters. The molecule has 0 aliphatic rings. The van der Waals surface area contributed by atoms with Gasteiger partial charge in [0, 0.05) is 0 Å². The number of aliphatic hydroxyl groups excluding tert-OH is 1. The van der Waals surface area contributed by atoms with Crippen molar-refractivity contribution in [1.29, 1.82) is 0 Å². The van der Waals surface area contributed by atoms with Crippen LogP contribution in [0.15, 0.2) is 30.4 Å². The molecule has 98 valence electrons. The Morgan fingerprint density at radius 1 is 1.56 bits per heavy atom. The Balaban J connectivity index is 2.74. The highest BCUT2D eigenvalue weighted by molar-refractivity contribution is 6.33. The van der Waals surface area contributed by atoms with Crippen molar-refractivity contribution >= 4 is 17.5 Å². The standard InChI is InChI=1S/C14H18ClNO2/c1-3-4-5-11(9-17)16-14(18)12-7-6-10(2)8-13(12)15/h3-4,6-8,11,17H,5,9H2,1-2H3,(H,16,18). The molecule has 0 heterocycles.